The van der Waals surface area contributed by atoms with E-state index >= 15 is 0 Å². The minimum Gasteiger partial charge on any atom is -0.389 e. The molecule has 0 aliphatic carbocycles. The summed E-state index contributed by atoms with van der Waals surface area (Å²) in [4.78, 5) is 13.1. The zero-order valence-corrected chi connectivity index (χ0v) is 11.3. The maximum atomic E-state index is 11.9. The van der Waals surface area contributed by atoms with Crippen molar-refractivity contribution in [1.29, 1.82) is 0 Å². The number of rotatable bonds is 6. The molecule has 0 saturated carbocycles. The van der Waals surface area contributed by atoms with Gasteiger partial charge in [0.25, 0.3) is 0 Å². The number of pyridine rings is 1. The second-order valence-electron chi connectivity index (χ2n) is 4.14. The summed E-state index contributed by atoms with van der Waals surface area (Å²) in [6, 6.07) is 2.36. The van der Waals surface area contributed by atoms with Crippen LogP contribution in [0.15, 0.2) is 28.0 Å². The quantitative estimate of drug-likeness (QED) is 0.690. The highest BCUT2D eigenvalue weighted by Crippen LogP contribution is 2.14. The predicted molar refractivity (Wildman–Crippen MR) is 67.8 cm³/mol. The highest BCUT2D eigenvalue weighted by atomic mass is 32.2. The molecule has 0 aliphatic rings. The minimum absolute atomic E-state index is 0.0309. The fraction of sp³-hybridized carbons (Fsp3) is 0.545. The van der Waals surface area contributed by atoms with Crippen molar-refractivity contribution in [2.24, 2.45) is 0 Å². The lowest BCUT2D eigenvalue weighted by Crippen LogP contribution is -2.42. The first-order valence-electron chi connectivity index (χ1n) is 5.74. The molecule has 18 heavy (non-hydrogen) atoms. The molecule has 7 heteroatoms. The Morgan fingerprint density at radius 2 is 1.94 bits per heavy atom. The topological polar surface area (TPSA) is 99.3 Å². The predicted octanol–water partition coefficient (Wildman–Crippen LogP) is 0.204. The number of H-pyrrole nitrogens is 1. The summed E-state index contributed by atoms with van der Waals surface area (Å²) in [7, 11) is -3.71. The molecule has 3 N–H and O–H groups in total. The molecule has 0 spiro atoms. The normalized spacial score (nSPS) is 12.6. The van der Waals surface area contributed by atoms with Gasteiger partial charge >= 0.3 is 0 Å². The average molecular weight is 274 g/mol. The largest absolute Gasteiger partial charge is 0.389 e. The van der Waals surface area contributed by atoms with Crippen LogP contribution in [-0.2, 0) is 10.0 Å². The van der Waals surface area contributed by atoms with Crippen LogP contribution in [0, 0.1) is 0 Å². The van der Waals surface area contributed by atoms with Crippen LogP contribution in [0.2, 0.25) is 0 Å². The van der Waals surface area contributed by atoms with Crippen molar-refractivity contribution in [2.45, 2.75) is 37.2 Å². The Hall–Kier alpha value is -1.18. The van der Waals surface area contributed by atoms with Crippen molar-refractivity contribution in [2.75, 3.05) is 6.54 Å². The molecule has 0 atom stereocenters. The SMILES string of the molecule is CCC(O)(CC)CNS(=O)(=O)c1ccc(=O)[nH]c1. The van der Waals surface area contributed by atoms with Crippen molar-refractivity contribution >= 4 is 10.0 Å². The molecule has 0 amide bonds. The smallest absolute Gasteiger partial charge is 0.247 e. The molecule has 102 valence electrons. The molecule has 1 aromatic heterocycles. The summed E-state index contributed by atoms with van der Waals surface area (Å²) in [5.74, 6) is 0. The maximum Gasteiger partial charge on any atom is 0.247 e. The molecule has 1 heterocycles. The van der Waals surface area contributed by atoms with E-state index in [1.54, 1.807) is 13.8 Å². The van der Waals surface area contributed by atoms with Crippen molar-refractivity contribution < 1.29 is 13.5 Å². The summed E-state index contributed by atoms with van der Waals surface area (Å²) in [5, 5.41) is 10.00. The lowest BCUT2D eigenvalue weighted by molar-refractivity contribution is 0.0377. The third kappa shape index (κ3) is 3.66. The van der Waals surface area contributed by atoms with E-state index in [0.717, 1.165) is 12.3 Å². The monoisotopic (exact) mass is 274 g/mol. The highest BCUT2D eigenvalue weighted by molar-refractivity contribution is 7.89. The van der Waals surface area contributed by atoms with Crippen molar-refractivity contribution in [3.05, 3.63) is 28.7 Å². The Bertz CT molecular complexity index is 526. The van der Waals surface area contributed by atoms with Crippen LogP contribution in [0.5, 0.6) is 0 Å². The average Bonchev–Trinajstić information content (AvgIpc) is 2.37. The van der Waals surface area contributed by atoms with Crippen molar-refractivity contribution in [3.63, 3.8) is 0 Å². The number of nitrogens with one attached hydrogen (secondary N) is 2. The van der Waals surface area contributed by atoms with Gasteiger partial charge in [0.15, 0.2) is 0 Å². The summed E-state index contributed by atoms with van der Waals surface area (Å²) < 4.78 is 26.1. The van der Waals surface area contributed by atoms with E-state index < -0.39 is 15.6 Å². The Morgan fingerprint density at radius 3 is 2.39 bits per heavy atom. The fourth-order valence-electron chi connectivity index (χ4n) is 1.38. The first-order valence-corrected chi connectivity index (χ1v) is 7.22. The maximum absolute atomic E-state index is 11.9. The summed E-state index contributed by atoms with van der Waals surface area (Å²) in [5.41, 5.74) is -1.41. The first-order chi connectivity index (χ1) is 8.33. The van der Waals surface area contributed by atoms with Crippen molar-refractivity contribution in [1.82, 2.24) is 9.71 Å². The fourth-order valence-corrected chi connectivity index (χ4v) is 2.46. The van der Waals surface area contributed by atoms with Crippen LogP contribution < -0.4 is 10.3 Å². The standard InChI is InChI=1S/C11H18N2O4S/c1-3-11(15,4-2)8-13-18(16,17)9-5-6-10(14)12-7-9/h5-7,13,15H,3-4,8H2,1-2H3,(H,12,14). The van der Waals surface area contributed by atoms with Gasteiger partial charge in [-0.2, -0.15) is 0 Å². The molecule has 0 fully saturated rings. The zero-order chi connectivity index (χ0) is 13.8. The first kappa shape index (κ1) is 14.9. The molecule has 1 aromatic rings. The molecular formula is C11H18N2O4S. The molecule has 0 radical (unpaired) electrons. The van der Waals surface area contributed by atoms with Gasteiger partial charge in [-0.3, -0.25) is 4.79 Å². The van der Waals surface area contributed by atoms with Gasteiger partial charge in [-0.15, -0.1) is 0 Å². The van der Waals surface area contributed by atoms with E-state index in [-0.39, 0.29) is 17.0 Å². The molecule has 0 unspecified atom stereocenters. The van der Waals surface area contributed by atoms with Crippen LogP contribution in [0.4, 0.5) is 0 Å². The van der Waals surface area contributed by atoms with Gasteiger partial charge in [0, 0.05) is 18.8 Å². The van der Waals surface area contributed by atoms with E-state index in [0.29, 0.717) is 12.8 Å². The summed E-state index contributed by atoms with van der Waals surface area (Å²) in [6.07, 6.45) is 2.04. The van der Waals surface area contributed by atoms with Gasteiger partial charge in [0.05, 0.1) is 10.5 Å². The number of hydrogen-bond donors (Lipinski definition) is 3. The second kappa shape index (κ2) is 5.64. The molecule has 1 rings (SSSR count). The van der Waals surface area contributed by atoms with Crippen molar-refractivity contribution in [3.8, 4) is 0 Å². The number of aliphatic hydroxyl groups is 1. The third-order valence-corrected chi connectivity index (χ3v) is 4.37. The lowest BCUT2D eigenvalue weighted by atomic mass is 9.98. The van der Waals surface area contributed by atoms with Crippen LogP contribution in [0.25, 0.3) is 0 Å². The van der Waals surface area contributed by atoms with Gasteiger partial charge in [0.2, 0.25) is 15.6 Å². The van der Waals surface area contributed by atoms with E-state index in [1.165, 1.54) is 6.07 Å². The van der Waals surface area contributed by atoms with Crippen LogP contribution in [0.3, 0.4) is 0 Å². The Kier molecular flexibility index (Phi) is 4.66. The number of aromatic nitrogens is 1. The third-order valence-electron chi connectivity index (χ3n) is 2.97. The summed E-state index contributed by atoms with van der Waals surface area (Å²) in [6.45, 7) is 3.52. The summed E-state index contributed by atoms with van der Waals surface area (Å²) >= 11 is 0. The van der Waals surface area contributed by atoms with Crippen LogP contribution in [0.1, 0.15) is 26.7 Å². The Labute approximate surface area is 106 Å². The van der Waals surface area contributed by atoms with Gasteiger partial charge in [-0.1, -0.05) is 13.8 Å². The molecule has 0 aromatic carbocycles. The molecule has 0 aliphatic heterocycles. The van der Waals surface area contributed by atoms with Gasteiger partial charge in [0.1, 0.15) is 0 Å². The Morgan fingerprint density at radius 1 is 1.33 bits per heavy atom. The zero-order valence-electron chi connectivity index (χ0n) is 10.4. The lowest BCUT2D eigenvalue weighted by Gasteiger charge is -2.25. The number of sulfonamides is 1. The van der Waals surface area contributed by atoms with Gasteiger partial charge in [-0.25, -0.2) is 13.1 Å². The molecule has 6 nitrogen and oxygen atoms in total. The number of aromatic amines is 1. The van der Waals surface area contributed by atoms with Gasteiger partial charge < -0.3 is 10.1 Å². The molecule has 0 bridgehead atoms. The van der Waals surface area contributed by atoms with E-state index in [9.17, 15) is 18.3 Å². The molecule has 0 saturated heterocycles. The van der Waals surface area contributed by atoms with E-state index in [1.807, 2.05) is 0 Å². The second-order valence-corrected chi connectivity index (χ2v) is 5.91. The molecular weight excluding hydrogens is 256 g/mol. The minimum atomic E-state index is -3.71. The van der Waals surface area contributed by atoms with Crippen LogP contribution in [-0.4, -0.2) is 30.7 Å². The van der Waals surface area contributed by atoms with E-state index in [4.69, 9.17) is 0 Å². The number of hydrogen-bond acceptors (Lipinski definition) is 4. The Balaban J connectivity index is 2.83. The van der Waals surface area contributed by atoms with Gasteiger partial charge in [-0.05, 0) is 18.9 Å². The highest BCUT2D eigenvalue weighted by Gasteiger charge is 2.25. The van der Waals surface area contributed by atoms with E-state index in [2.05, 4.69) is 9.71 Å². The van der Waals surface area contributed by atoms with Crippen LogP contribution >= 0.6 is 0 Å².